The molecule has 0 aliphatic heterocycles. The van der Waals surface area contributed by atoms with Gasteiger partial charge in [0.25, 0.3) is 0 Å². The number of nitrogens with one attached hydrogen (secondary N) is 1. The van der Waals surface area contributed by atoms with E-state index in [0.29, 0.717) is 42.7 Å². The third-order valence-corrected chi connectivity index (χ3v) is 5.65. The first-order valence-electron chi connectivity index (χ1n) is 10.8. The summed E-state index contributed by atoms with van der Waals surface area (Å²) in [7, 11) is 0. The number of anilines is 2. The standard InChI is InChI=1S/C24H26ClN7O/c1-2-13-31(14-12-27-16-33)21-10-9-20-24(30-21)32(18-7-5-17(15-25)6-8-18)23(29-20)19-4-3-11-28-22(19)26/h3-11,16H,2,12-15H2,1H3,(H2,26,28)(H,27,33). The number of aromatic nitrogens is 4. The Labute approximate surface area is 197 Å². The molecule has 8 nitrogen and oxygen atoms in total. The number of hydrogen-bond donors (Lipinski definition) is 2. The number of rotatable bonds is 10. The van der Waals surface area contributed by atoms with Crippen LogP contribution in [0.5, 0.6) is 0 Å². The summed E-state index contributed by atoms with van der Waals surface area (Å²) in [6.45, 7) is 4.14. The quantitative estimate of drug-likeness (QED) is 0.211. The van der Waals surface area contributed by atoms with Gasteiger partial charge in [0, 0.05) is 37.4 Å². The highest BCUT2D eigenvalue weighted by atomic mass is 35.5. The molecule has 0 unspecified atom stereocenters. The van der Waals surface area contributed by atoms with Crippen LogP contribution in [0.4, 0.5) is 11.6 Å². The largest absolute Gasteiger partial charge is 0.383 e. The number of pyridine rings is 2. The maximum Gasteiger partial charge on any atom is 0.207 e. The van der Waals surface area contributed by atoms with Crippen molar-refractivity contribution in [2.45, 2.75) is 19.2 Å². The van der Waals surface area contributed by atoms with Gasteiger partial charge >= 0.3 is 0 Å². The molecule has 3 N–H and O–H groups in total. The molecular weight excluding hydrogens is 438 g/mol. The van der Waals surface area contributed by atoms with E-state index in [1.54, 1.807) is 6.20 Å². The van der Waals surface area contributed by atoms with E-state index in [9.17, 15) is 4.79 Å². The highest BCUT2D eigenvalue weighted by Gasteiger charge is 2.19. The molecule has 0 fully saturated rings. The Morgan fingerprint density at radius 2 is 1.94 bits per heavy atom. The molecule has 33 heavy (non-hydrogen) atoms. The molecule has 0 aliphatic rings. The van der Waals surface area contributed by atoms with Crippen molar-refractivity contribution in [2.75, 3.05) is 30.3 Å². The predicted molar refractivity (Wildman–Crippen MR) is 133 cm³/mol. The Bertz CT molecular complexity index is 1240. The Morgan fingerprint density at radius 3 is 2.64 bits per heavy atom. The highest BCUT2D eigenvalue weighted by Crippen LogP contribution is 2.31. The summed E-state index contributed by atoms with van der Waals surface area (Å²) in [6.07, 6.45) is 3.33. The average Bonchev–Trinajstić information content (AvgIpc) is 3.22. The first-order valence-corrected chi connectivity index (χ1v) is 11.4. The van der Waals surface area contributed by atoms with Gasteiger partial charge in [0.1, 0.15) is 17.2 Å². The minimum absolute atomic E-state index is 0.402. The smallest absolute Gasteiger partial charge is 0.207 e. The number of nitrogens with two attached hydrogens (primary N) is 1. The topological polar surface area (TPSA) is 102 Å². The molecule has 0 spiro atoms. The SMILES string of the molecule is CCCN(CCNC=O)c1ccc2nc(-c3cccnc3N)n(-c3ccc(CCl)cc3)c2n1. The number of nitrogen functional groups attached to an aromatic ring is 1. The molecule has 1 amide bonds. The predicted octanol–water partition coefficient (Wildman–Crippen LogP) is 3.77. The van der Waals surface area contributed by atoms with E-state index in [2.05, 4.69) is 22.1 Å². The average molecular weight is 464 g/mol. The van der Waals surface area contributed by atoms with Crippen LogP contribution in [-0.4, -0.2) is 45.6 Å². The van der Waals surface area contributed by atoms with Gasteiger partial charge in [-0.05, 0) is 48.4 Å². The summed E-state index contributed by atoms with van der Waals surface area (Å²) in [5.41, 5.74) is 10.3. The molecule has 1 aromatic carbocycles. The van der Waals surface area contributed by atoms with Crippen LogP contribution in [-0.2, 0) is 10.7 Å². The molecule has 0 radical (unpaired) electrons. The lowest BCUT2D eigenvalue weighted by Crippen LogP contribution is -2.32. The number of fused-ring (bicyclic) bond motifs is 1. The third-order valence-electron chi connectivity index (χ3n) is 5.34. The zero-order valence-corrected chi connectivity index (χ0v) is 19.2. The number of halogens is 1. The summed E-state index contributed by atoms with van der Waals surface area (Å²) >= 11 is 6.00. The minimum Gasteiger partial charge on any atom is -0.383 e. The molecule has 0 bridgehead atoms. The summed E-state index contributed by atoms with van der Waals surface area (Å²) < 4.78 is 2.00. The van der Waals surface area contributed by atoms with Crippen molar-refractivity contribution in [1.29, 1.82) is 0 Å². The van der Waals surface area contributed by atoms with Gasteiger partial charge < -0.3 is 16.0 Å². The molecule has 3 aromatic heterocycles. The molecule has 0 aliphatic carbocycles. The van der Waals surface area contributed by atoms with E-state index in [-0.39, 0.29) is 0 Å². The van der Waals surface area contributed by atoms with Gasteiger partial charge in [-0.15, -0.1) is 11.6 Å². The lowest BCUT2D eigenvalue weighted by atomic mass is 10.2. The molecule has 3 heterocycles. The minimum atomic E-state index is 0.402. The van der Waals surface area contributed by atoms with Crippen LogP contribution in [0.3, 0.4) is 0 Å². The van der Waals surface area contributed by atoms with Crippen molar-refractivity contribution < 1.29 is 4.79 Å². The summed E-state index contributed by atoms with van der Waals surface area (Å²) in [5.74, 6) is 2.33. The van der Waals surface area contributed by atoms with Crippen molar-refractivity contribution in [3.63, 3.8) is 0 Å². The first kappa shape index (κ1) is 22.5. The van der Waals surface area contributed by atoms with Gasteiger partial charge in [-0.2, -0.15) is 0 Å². The second-order valence-corrected chi connectivity index (χ2v) is 7.85. The van der Waals surface area contributed by atoms with E-state index in [1.807, 2.05) is 53.1 Å². The number of benzene rings is 1. The molecule has 0 atom stereocenters. The van der Waals surface area contributed by atoms with Crippen LogP contribution in [0.1, 0.15) is 18.9 Å². The number of alkyl halides is 1. The van der Waals surface area contributed by atoms with Gasteiger partial charge in [-0.1, -0.05) is 19.1 Å². The lowest BCUT2D eigenvalue weighted by molar-refractivity contribution is -0.109. The first-order chi connectivity index (χ1) is 16.2. The number of imidazole rings is 1. The van der Waals surface area contributed by atoms with Gasteiger partial charge in [-0.25, -0.2) is 15.0 Å². The molecule has 0 saturated carbocycles. The zero-order valence-electron chi connectivity index (χ0n) is 18.4. The molecule has 0 saturated heterocycles. The highest BCUT2D eigenvalue weighted by molar-refractivity contribution is 6.17. The van der Waals surface area contributed by atoms with E-state index in [1.165, 1.54) is 0 Å². The fourth-order valence-corrected chi connectivity index (χ4v) is 3.94. The van der Waals surface area contributed by atoms with Crippen molar-refractivity contribution in [3.05, 3.63) is 60.3 Å². The Balaban J connectivity index is 1.89. The molecule has 4 aromatic rings. The monoisotopic (exact) mass is 463 g/mol. The third kappa shape index (κ3) is 4.75. The van der Waals surface area contributed by atoms with Crippen LogP contribution in [0.2, 0.25) is 0 Å². The second kappa shape index (κ2) is 10.3. The Hall–Kier alpha value is -3.65. The van der Waals surface area contributed by atoms with Gasteiger partial charge in [0.15, 0.2) is 11.5 Å². The number of carbonyl (C=O) groups excluding carboxylic acids is 1. The number of amides is 1. The van der Waals surface area contributed by atoms with E-state index in [0.717, 1.165) is 41.1 Å². The van der Waals surface area contributed by atoms with Crippen LogP contribution < -0.4 is 16.0 Å². The van der Waals surface area contributed by atoms with E-state index < -0.39 is 0 Å². The Kier molecular flexibility index (Phi) is 7.04. The van der Waals surface area contributed by atoms with Gasteiger partial charge in [0.05, 0.1) is 5.56 Å². The van der Waals surface area contributed by atoms with Crippen molar-refractivity contribution in [1.82, 2.24) is 24.8 Å². The van der Waals surface area contributed by atoms with Crippen LogP contribution in [0.25, 0.3) is 28.2 Å². The van der Waals surface area contributed by atoms with Crippen molar-refractivity contribution >= 4 is 40.8 Å². The summed E-state index contributed by atoms with van der Waals surface area (Å²) in [6, 6.07) is 15.7. The number of nitrogens with zero attached hydrogens (tertiary/aromatic N) is 5. The van der Waals surface area contributed by atoms with Crippen LogP contribution in [0.15, 0.2) is 54.7 Å². The van der Waals surface area contributed by atoms with Gasteiger partial charge in [0.2, 0.25) is 6.41 Å². The summed E-state index contributed by atoms with van der Waals surface area (Å²) in [5, 5.41) is 2.72. The second-order valence-electron chi connectivity index (χ2n) is 7.58. The molecule has 170 valence electrons. The van der Waals surface area contributed by atoms with Crippen molar-refractivity contribution in [2.24, 2.45) is 0 Å². The maximum absolute atomic E-state index is 10.7. The number of hydrogen-bond acceptors (Lipinski definition) is 6. The number of carbonyl (C=O) groups is 1. The van der Waals surface area contributed by atoms with Crippen LogP contribution in [0, 0.1) is 0 Å². The fraction of sp³-hybridized carbons (Fsp3) is 0.250. The Morgan fingerprint density at radius 1 is 1.12 bits per heavy atom. The van der Waals surface area contributed by atoms with Crippen molar-refractivity contribution in [3.8, 4) is 17.1 Å². The lowest BCUT2D eigenvalue weighted by Gasteiger charge is -2.23. The zero-order chi connectivity index (χ0) is 23.2. The molecular formula is C24H26ClN7O. The maximum atomic E-state index is 10.7. The fourth-order valence-electron chi connectivity index (χ4n) is 3.76. The molecule has 9 heteroatoms. The summed E-state index contributed by atoms with van der Waals surface area (Å²) in [4.78, 5) is 26.9. The van der Waals surface area contributed by atoms with Crippen LogP contribution >= 0.6 is 11.6 Å². The van der Waals surface area contributed by atoms with Gasteiger partial charge in [-0.3, -0.25) is 9.36 Å². The van der Waals surface area contributed by atoms with E-state index in [4.69, 9.17) is 27.3 Å². The molecule has 4 rings (SSSR count). The normalized spacial score (nSPS) is 11.0. The van der Waals surface area contributed by atoms with E-state index >= 15 is 0 Å².